The largest absolute Gasteiger partial charge is 0.341 e. The molecule has 1 saturated heterocycles. The molecule has 1 aliphatic rings. The van der Waals surface area contributed by atoms with Gasteiger partial charge in [0.25, 0.3) is 0 Å². The van der Waals surface area contributed by atoms with E-state index in [0.29, 0.717) is 12.5 Å². The quantitative estimate of drug-likeness (QED) is 0.697. The first-order chi connectivity index (χ1) is 5.27. The Bertz CT molecular complexity index is 152. The van der Waals surface area contributed by atoms with Gasteiger partial charge in [0, 0.05) is 25.6 Å². The van der Waals surface area contributed by atoms with E-state index >= 15 is 0 Å². The van der Waals surface area contributed by atoms with E-state index in [1.54, 1.807) is 0 Å². The molecule has 72 valence electrons. The van der Waals surface area contributed by atoms with Crippen LogP contribution < -0.4 is 5.32 Å². The van der Waals surface area contributed by atoms with Crippen molar-refractivity contribution in [2.24, 2.45) is 0 Å². The van der Waals surface area contributed by atoms with Crippen LogP contribution in [-0.4, -0.2) is 37.0 Å². The van der Waals surface area contributed by atoms with Crippen LogP contribution in [0.5, 0.6) is 0 Å². The molecule has 0 aliphatic carbocycles. The predicted molar refractivity (Wildman–Crippen MR) is 51.6 cm³/mol. The van der Waals surface area contributed by atoms with E-state index in [1.807, 2.05) is 18.9 Å². The van der Waals surface area contributed by atoms with E-state index in [2.05, 4.69) is 5.32 Å². The summed E-state index contributed by atoms with van der Waals surface area (Å²) < 4.78 is 0. The molecule has 0 spiro atoms. The van der Waals surface area contributed by atoms with Gasteiger partial charge in [-0.3, -0.25) is 4.79 Å². The van der Waals surface area contributed by atoms with Gasteiger partial charge in [-0.25, -0.2) is 0 Å². The summed E-state index contributed by atoms with van der Waals surface area (Å²) in [5.74, 6) is 0.280. The minimum absolute atomic E-state index is 0. The van der Waals surface area contributed by atoms with Gasteiger partial charge in [-0.15, -0.1) is 12.4 Å². The summed E-state index contributed by atoms with van der Waals surface area (Å²) in [6.45, 7) is 3.73. The number of amides is 1. The predicted octanol–water partition coefficient (Wildman–Crippen LogP) is 0.638. The molecule has 1 N–H and O–H groups in total. The molecule has 1 rings (SSSR count). The summed E-state index contributed by atoms with van der Waals surface area (Å²) in [4.78, 5) is 13.1. The van der Waals surface area contributed by atoms with Crippen molar-refractivity contribution in [2.45, 2.75) is 25.8 Å². The SMILES string of the molecule is CCC(=O)N1CC[C@@H](NC)C1.Cl. The Morgan fingerprint density at radius 1 is 1.67 bits per heavy atom. The fourth-order valence-electron chi connectivity index (χ4n) is 1.45. The van der Waals surface area contributed by atoms with E-state index in [-0.39, 0.29) is 18.3 Å². The summed E-state index contributed by atoms with van der Waals surface area (Å²) in [5, 5.41) is 3.18. The second-order valence-electron chi connectivity index (χ2n) is 2.97. The van der Waals surface area contributed by atoms with Crippen LogP contribution in [-0.2, 0) is 4.79 Å². The van der Waals surface area contributed by atoms with Gasteiger partial charge in [0.2, 0.25) is 5.91 Å². The first-order valence-corrected chi connectivity index (χ1v) is 4.23. The highest BCUT2D eigenvalue weighted by atomic mass is 35.5. The van der Waals surface area contributed by atoms with E-state index < -0.39 is 0 Å². The maximum Gasteiger partial charge on any atom is 0.222 e. The molecule has 0 aromatic carbocycles. The lowest BCUT2D eigenvalue weighted by Crippen LogP contribution is -2.32. The monoisotopic (exact) mass is 192 g/mol. The maximum atomic E-state index is 11.2. The van der Waals surface area contributed by atoms with Crippen LogP contribution >= 0.6 is 12.4 Å². The third-order valence-corrected chi connectivity index (χ3v) is 2.25. The van der Waals surface area contributed by atoms with Crippen molar-refractivity contribution >= 4 is 18.3 Å². The molecule has 0 aromatic heterocycles. The number of carbonyl (C=O) groups is 1. The van der Waals surface area contributed by atoms with Crippen molar-refractivity contribution in [1.82, 2.24) is 10.2 Å². The molecule has 12 heavy (non-hydrogen) atoms. The number of rotatable bonds is 2. The van der Waals surface area contributed by atoms with Crippen LogP contribution in [0.4, 0.5) is 0 Å². The molecule has 1 fully saturated rings. The lowest BCUT2D eigenvalue weighted by molar-refractivity contribution is -0.129. The van der Waals surface area contributed by atoms with Crippen LogP contribution in [0.2, 0.25) is 0 Å². The average molecular weight is 193 g/mol. The van der Waals surface area contributed by atoms with Crippen LogP contribution in [0.15, 0.2) is 0 Å². The van der Waals surface area contributed by atoms with E-state index in [4.69, 9.17) is 0 Å². The van der Waals surface area contributed by atoms with Crippen molar-refractivity contribution in [3.05, 3.63) is 0 Å². The summed E-state index contributed by atoms with van der Waals surface area (Å²) in [6.07, 6.45) is 1.73. The standard InChI is InChI=1S/C8H16N2O.ClH/c1-3-8(11)10-5-4-7(6-10)9-2;/h7,9H,3-6H2,1-2H3;1H/t7-;/m1./s1. The van der Waals surface area contributed by atoms with Gasteiger partial charge in [0.1, 0.15) is 0 Å². The molecule has 3 nitrogen and oxygen atoms in total. The van der Waals surface area contributed by atoms with Gasteiger partial charge in [-0.2, -0.15) is 0 Å². The second-order valence-corrected chi connectivity index (χ2v) is 2.97. The van der Waals surface area contributed by atoms with Gasteiger partial charge < -0.3 is 10.2 Å². The number of nitrogens with one attached hydrogen (secondary N) is 1. The van der Waals surface area contributed by atoms with Crippen molar-refractivity contribution < 1.29 is 4.79 Å². The molecule has 0 radical (unpaired) electrons. The molecule has 0 saturated carbocycles. The lowest BCUT2D eigenvalue weighted by atomic mass is 10.3. The highest BCUT2D eigenvalue weighted by molar-refractivity contribution is 5.85. The summed E-state index contributed by atoms with van der Waals surface area (Å²) in [6, 6.07) is 0.519. The Hall–Kier alpha value is -0.280. The zero-order valence-electron chi connectivity index (χ0n) is 7.67. The minimum atomic E-state index is 0. The van der Waals surface area contributed by atoms with Gasteiger partial charge in [0.05, 0.1) is 0 Å². The molecule has 1 aliphatic heterocycles. The van der Waals surface area contributed by atoms with Gasteiger partial charge in [-0.05, 0) is 13.5 Å². The van der Waals surface area contributed by atoms with E-state index in [9.17, 15) is 4.79 Å². The zero-order chi connectivity index (χ0) is 8.27. The van der Waals surface area contributed by atoms with E-state index in [0.717, 1.165) is 19.5 Å². The highest BCUT2D eigenvalue weighted by Crippen LogP contribution is 2.09. The number of likely N-dealkylation sites (tertiary alicyclic amines) is 1. The molecule has 1 amide bonds. The third kappa shape index (κ3) is 2.64. The lowest BCUT2D eigenvalue weighted by Gasteiger charge is -2.14. The molecule has 1 heterocycles. The Balaban J connectivity index is 0.00000121. The fraction of sp³-hybridized carbons (Fsp3) is 0.875. The number of hydrogen-bond acceptors (Lipinski definition) is 2. The number of likely N-dealkylation sites (N-methyl/N-ethyl adjacent to an activating group) is 1. The molecule has 1 atom stereocenters. The molecule has 4 heteroatoms. The molecule has 0 bridgehead atoms. The Morgan fingerprint density at radius 3 is 2.75 bits per heavy atom. The number of hydrogen-bond donors (Lipinski definition) is 1. The van der Waals surface area contributed by atoms with Crippen molar-refractivity contribution in [1.29, 1.82) is 0 Å². The average Bonchev–Trinajstić information content (AvgIpc) is 2.50. The first kappa shape index (κ1) is 11.7. The Kier molecular flexibility index (Phi) is 5.25. The van der Waals surface area contributed by atoms with Crippen LogP contribution in [0, 0.1) is 0 Å². The molecule has 0 aromatic rings. The maximum absolute atomic E-state index is 11.2. The number of nitrogens with zero attached hydrogens (tertiary/aromatic N) is 1. The van der Waals surface area contributed by atoms with Crippen LogP contribution in [0.25, 0.3) is 0 Å². The van der Waals surface area contributed by atoms with Crippen LogP contribution in [0.1, 0.15) is 19.8 Å². The zero-order valence-corrected chi connectivity index (χ0v) is 8.49. The number of carbonyl (C=O) groups excluding carboxylic acids is 1. The van der Waals surface area contributed by atoms with Crippen molar-refractivity contribution in [3.8, 4) is 0 Å². The third-order valence-electron chi connectivity index (χ3n) is 2.25. The van der Waals surface area contributed by atoms with Gasteiger partial charge >= 0.3 is 0 Å². The number of halogens is 1. The van der Waals surface area contributed by atoms with Crippen LogP contribution in [0.3, 0.4) is 0 Å². The topological polar surface area (TPSA) is 32.3 Å². The smallest absolute Gasteiger partial charge is 0.222 e. The summed E-state index contributed by atoms with van der Waals surface area (Å²) in [5.41, 5.74) is 0. The van der Waals surface area contributed by atoms with Gasteiger partial charge in [0.15, 0.2) is 0 Å². The second kappa shape index (κ2) is 5.38. The minimum Gasteiger partial charge on any atom is -0.341 e. The molecule has 0 unspecified atom stereocenters. The summed E-state index contributed by atoms with van der Waals surface area (Å²) in [7, 11) is 1.95. The Labute approximate surface area is 79.9 Å². The Morgan fingerprint density at radius 2 is 2.33 bits per heavy atom. The normalized spacial score (nSPS) is 22.2. The van der Waals surface area contributed by atoms with Gasteiger partial charge in [-0.1, -0.05) is 6.92 Å². The van der Waals surface area contributed by atoms with E-state index in [1.165, 1.54) is 0 Å². The molecular formula is C8H17ClN2O. The fourth-order valence-corrected chi connectivity index (χ4v) is 1.45. The first-order valence-electron chi connectivity index (χ1n) is 4.23. The summed E-state index contributed by atoms with van der Waals surface area (Å²) >= 11 is 0. The van der Waals surface area contributed by atoms with Crippen molar-refractivity contribution in [2.75, 3.05) is 20.1 Å². The molecular weight excluding hydrogens is 176 g/mol. The highest BCUT2D eigenvalue weighted by Gasteiger charge is 2.23. The van der Waals surface area contributed by atoms with Crippen molar-refractivity contribution in [3.63, 3.8) is 0 Å².